The van der Waals surface area contributed by atoms with Gasteiger partial charge in [0, 0.05) is 43.5 Å². The maximum absolute atomic E-state index is 6.72. The van der Waals surface area contributed by atoms with Gasteiger partial charge < -0.3 is 14.4 Å². The molecule has 1 fully saturated rings. The van der Waals surface area contributed by atoms with Gasteiger partial charge in [-0.15, -0.1) is 0 Å². The monoisotopic (exact) mass is 391 g/mol. The lowest BCUT2D eigenvalue weighted by Gasteiger charge is -2.51. The Labute approximate surface area is 172 Å². The first-order valence-electron chi connectivity index (χ1n) is 10.6. The second kappa shape index (κ2) is 7.06. The molecule has 5 heteroatoms. The van der Waals surface area contributed by atoms with Crippen LogP contribution < -0.4 is 9.47 Å². The van der Waals surface area contributed by atoms with E-state index < -0.39 is 0 Å². The molecular formula is C24H29N3O2. The average Bonchev–Trinajstić information content (AvgIpc) is 3.22. The molecule has 5 rings (SSSR count). The van der Waals surface area contributed by atoms with Crippen molar-refractivity contribution in [1.29, 1.82) is 0 Å². The van der Waals surface area contributed by atoms with Gasteiger partial charge in [-0.1, -0.05) is 36.8 Å². The molecule has 0 unspecified atom stereocenters. The van der Waals surface area contributed by atoms with Gasteiger partial charge in [0.1, 0.15) is 11.5 Å². The Hall–Kier alpha value is -2.53. The highest BCUT2D eigenvalue weighted by atomic mass is 16.5. The van der Waals surface area contributed by atoms with E-state index in [1.807, 2.05) is 12.1 Å². The summed E-state index contributed by atoms with van der Waals surface area (Å²) in [4.78, 5) is 2.50. The number of likely N-dealkylation sites (tertiary alicyclic amines) is 1. The summed E-state index contributed by atoms with van der Waals surface area (Å²) in [5.74, 6) is 1.90. The van der Waals surface area contributed by atoms with Crippen LogP contribution >= 0.6 is 0 Å². The van der Waals surface area contributed by atoms with Gasteiger partial charge in [0.05, 0.1) is 18.9 Å². The number of rotatable bonds is 3. The molecule has 0 saturated carbocycles. The van der Waals surface area contributed by atoms with Crippen LogP contribution in [0, 0.1) is 6.92 Å². The van der Waals surface area contributed by atoms with Crippen LogP contribution in [0.4, 0.5) is 0 Å². The maximum Gasteiger partial charge on any atom is 0.200 e. The molecule has 3 aliphatic heterocycles. The summed E-state index contributed by atoms with van der Waals surface area (Å²) in [6, 6.07) is 15.0. The predicted molar refractivity (Wildman–Crippen MR) is 115 cm³/mol. The topological polar surface area (TPSA) is 37.3 Å². The Kier molecular flexibility index (Phi) is 4.50. The smallest absolute Gasteiger partial charge is 0.200 e. The third-order valence-electron chi connectivity index (χ3n) is 6.64. The average molecular weight is 392 g/mol. The Balaban J connectivity index is 1.56. The first-order valence-corrected chi connectivity index (χ1v) is 10.6. The van der Waals surface area contributed by atoms with Crippen LogP contribution in [0.5, 0.6) is 11.5 Å². The van der Waals surface area contributed by atoms with E-state index in [0.29, 0.717) is 0 Å². The lowest BCUT2D eigenvalue weighted by Crippen LogP contribution is -2.59. The van der Waals surface area contributed by atoms with E-state index in [1.54, 1.807) is 7.11 Å². The van der Waals surface area contributed by atoms with Crippen LogP contribution in [-0.4, -0.2) is 48.1 Å². The van der Waals surface area contributed by atoms with Gasteiger partial charge in [-0.25, -0.2) is 5.01 Å². The van der Waals surface area contributed by atoms with Crippen molar-refractivity contribution in [2.45, 2.75) is 44.9 Å². The summed E-state index contributed by atoms with van der Waals surface area (Å²) in [7, 11) is 1.71. The van der Waals surface area contributed by atoms with Gasteiger partial charge in [0.25, 0.3) is 0 Å². The lowest BCUT2D eigenvalue weighted by atomic mass is 9.90. The third kappa shape index (κ3) is 3.08. The molecule has 0 radical (unpaired) electrons. The van der Waals surface area contributed by atoms with Crippen molar-refractivity contribution in [3.63, 3.8) is 0 Å². The maximum atomic E-state index is 6.72. The number of ether oxygens (including phenoxy) is 2. The minimum absolute atomic E-state index is 0.230. The molecule has 1 spiro atoms. The van der Waals surface area contributed by atoms with Gasteiger partial charge in [0.15, 0.2) is 0 Å². The number of hydrogen-bond donors (Lipinski definition) is 0. The quantitative estimate of drug-likeness (QED) is 0.779. The zero-order chi connectivity index (χ0) is 20.0. The fourth-order valence-electron chi connectivity index (χ4n) is 4.93. The van der Waals surface area contributed by atoms with Gasteiger partial charge in [-0.3, -0.25) is 0 Å². The van der Waals surface area contributed by atoms with Crippen LogP contribution in [0.15, 0.2) is 47.6 Å². The van der Waals surface area contributed by atoms with E-state index >= 15 is 0 Å². The molecule has 2 aromatic rings. The molecular weight excluding hydrogens is 362 g/mol. The number of hydrogen-bond acceptors (Lipinski definition) is 5. The SMILES string of the molecule is CCN1CCC2(CC1)Oc1ccc(C)cc1[C@@H]1CC(c3cccc(OC)c3)=NN12. The molecule has 0 bridgehead atoms. The number of aryl methyl sites for hydroxylation is 1. The van der Waals surface area contributed by atoms with E-state index in [0.717, 1.165) is 61.7 Å². The molecule has 152 valence electrons. The third-order valence-corrected chi connectivity index (χ3v) is 6.64. The van der Waals surface area contributed by atoms with E-state index in [9.17, 15) is 0 Å². The van der Waals surface area contributed by atoms with Gasteiger partial charge in [-0.05, 0) is 31.7 Å². The highest BCUT2D eigenvalue weighted by molar-refractivity contribution is 6.02. The van der Waals surface area contributed by atoms with Crippen molar-refractivity contribution in [2.75, 3.05) is 26.7 Å². The Morgan fingerprint density at radius 1 is 1.17 bits per heavy atom. The van der Waals surface area contributed by atoms with Crippen LogP contribution in [0.2, 0.25) is 0 Å². The normalized spacial score (nSPS) is 22.7. The van der Waals surface area contributed by atoms with Crippen molar-refractivity contribution in [1.82, 2.24) is 9.91 Å². The summed E-state index contributed by atoms with van der Waals surface area (Å²) in [6.45, 7) is 7.56. The molecule has 5 nitrogen and oxygen atoms in total. The highest BCUT2D eigenvalue weighted by Crippen LogP contribution is 2.50. The van der Waals surface area contributed by atoms with Crippen LogP contribution in [-0.2, 0) is 0 Å². The van der Waals surface area contributed by atoms with Crippen LogP contribution in [0.1, 0.15) is 48.9 Å². The Morgan fingerprint density at radius 2 is 2.00 bits per heavy atom. The summed E-state index contributed by atoms with van der Waals surface area (Å²) < 4.78 is 12.2. The second-order valence-corrected chi connectivity index (χ2v) is 8.37. The summed E-state index contributed by atoms with van der Waals surface area (Å²) in [5, 5.41) is 7.45. The number of piperidine rings is 1. The molecule has 3 aliphatic rings. The molecule has 0 aliphatic carbocycles. The number of hydrazone groups is 1. The molecule has 0 N–H and O–H groups in total. The number of benzene rings is 2. The van der Waals surface area contributed by atoms with Gasteiger partial charge >= 0.3 is 0 Å². The predicted octanol–water partition coefficient (Wildman–Crippen LogP) is 4.36. The summed E-state index contributed by atoms with van der Waals surface area (Å²) in [6.07, 6.45) is 2.84. The van der Waals surface area contributed by atoms with E-state index in [2.05, 4.69) is 54.1 Å². The highest BCUT2D eigenvalue weighted by Gasteiger charge is 2.51. The first kappa shape index (κ1) is 18.5. The van der Waals surface area contributed by atoms with E-state index in [-0.39, 0.29) is 11.8 Å². The van der Waals surface area contributed by atoms with Crippen molar-refractivity contribution in [3.05, 3.63) is 59.2 Å². The first-order chi connectivity index (χ1) is 14.1. The molecule has 3 heterocycles. The van der Waals surface area contributed by atoms with Crippen molar-refractivity contribution in [3.8, 4) is 11.5 Å². The Bertz CT molecular complexity index is 947. The fraction of sp³-hybridized carbons (Fsp3) is 0.458. The van der Waals surface area contributed by atoms with Gasteiger partial charge in [0.2, 0.25) is 5.72 Å². The minimum Gasteiger partial charge on any atom is -0.497 e. The molecule has 29 heavy (non-hydrogen) atoms. The van der Waals surface area contributed by atoms with Crippen molar-refractivity contribution < 1.29 is 9.47 Å². The van der Waals surface area contributed by atoms with Crippen molar-refractivity contribution in [2.24, 2.45) is 5.10 Å². The fourth-order valence-corrected chi connectivity index (χ4v) is 4.93. The van der Waals surface area contributed by atoms with E-state index in [1.165, 1.54) is 11.1 Å². The molecule has 2 aromatic carbocycles. The second-order valence-electron chi connectivity index (χ2n) is 8.37. The van der Waals surface area contributed by atoms with Gasteiger partial charge in [-0.2, -0.15) is 5.10 Å². The summed E-state index contributed by atoms with van der Waals surface area (Å²) >= 11 is 0. The minimum atomic E-state index is -0.348. The van der Waals surface area contributed by atoms with Crippen molar-refractivity contribution >= 4 is 5.71 Å². The number of methoxy groups -OCH3 is 1. The standard InChI is InChI=1S/C24H29N3O2/c1-4-26-12-10-24(11-13-26)27-22(20-14-17(2)8-9-23(20)29-24)16-21(25-27)18-6-5-7-19(15-18)28-3/h5-9,14-15,22H,4,10-13,16H2,1-3H3/t22-/m0/s1. The van der Waals surface area contributed by atoms with E-state index in [4.69, 9.17) is 14.6 Å². The molecule has 0 aromatic heterocycles. The number of fused-ring (bicyclic) bond motifs is 4. The zero-order valence-corrected chi connectivity index (χ0v) is 17.5. The van der Waals surface area contributed by atoms with Crippen LogP contribution in [0.3, 0.4) is 0 Å². The zero-order valence-electron chi connectivity index (χ0n) is 17.5. The largest absolute Gasteiger partial charge is 0.497 e. The van der Waals surface area contributed by atoms with Crippen LogP contribution in [0.25, 0.3) is 0 Å². The Morgan fingerprint density at radius 3 is 2.76 bits per heavy atom. The lowest BCUT2D eigenvalue weighted by molar-refractivity contribution is -0.149. The summed E-state index contributed by atoms with van der Waals surface area (Å²) in [5.41, 5.74) is 4.42. The molecule has 1 atom stereocenters. The molecule has 0 amide bonds. The molecule has 1 saturated heterocycles. The number of nitrogens with zero attached hydrogens (tertiary/aromatic N) is 3.